The first-order valence-corrected chi connectivity index (χ1v) is 11.7. The van der Waals surface area contributed by atoms with Crippen molar-refractivity contribution in [2.75, 3.05) is 0 Å². The molecule has 0 saturated heterocycles. The molecule has 0 amide bonds. The predicted molar refractivity (Wildman–Crippen MR) is 133 cm³/mol. The number of unbranched alkanes of at least 4 members (excludes halogenated alkanes) is 5. The van der Waals surface area contributed by atoms with E-state index in [0.717, 1.165) is 24.1 Å². The zero-order chi connectivity index (χ0) is 24.2. The number of nitrogens with zero attached hydrogens (tertiary/aromatic N) is 1. The minimum Gasteiger partial charge on any atom is -0.206 e. The average Bonchev–Trinajstić information content (AvgIpc) is 2.86. The van der Waals surface area contributed by atoms with E-state index in [2.05, 4.69) is 42.7 Å². The molecule has 3 aromatic rings. The summed E-state index contributed by atoms with van der Waals surface area (Å²) in [7, 11) is 0. The molecule has 3 rings (SSSR count). The molecule has 1 nitrogen and oxygen atoms in total. The summed E-state index contributed by atoms with van der Waals surface area (Å²) in [6.45, 7) is 2.22. The maximum absolute atomic E-state index is 14.5. The SMILES string of the molecule is CCCCCCCCc1ccc(C#Cc2cc(F)c(C#Cc3ccc(C#N)cc3)cc2F)cc1. The van der Waals surface area contributed by atoms with Crippen LogP contribution in [0.25, 0.3) is 0 Å². The molecule has 0 aliphatic carbocycles. The third kappa shape index (κ3) is 7.62. The van der Waals surface area contributed by atoms with Gasteiger partial charge in [0.1, 0.15) is 11.6 Å². The first kappa shape index (κ1) is 24.8. The minimum absolute atomic E-state index is 0.00224. The lowest BCUT2D eigenvalue weighted by molar-refractivity contribution is 0.594. The quantitative estimate of drug-likeness (QED) is 0.269. The molecular formula is C31H27F2N. The van der Waals surface area contributed by atoms with Gasteiger partial charge in [-0.2, -0.15) is 5.26 Å². The van der Waals surface area contributed by atoms with E-state index in [9.17, 15) is 8.78 Å². The Bertz CT molecular complexity index is 1260. The Morgan fingerprint density at radius 3 is 1.62 bits per heavy atom. The molecule has 0 unspecified atom stereocenters. The standard InChI is InChI=1S/C31H27F2N/c1-2-3-4-5-6-7-8-24-9-11-25(12-10-24)17-19-28-21-31(33)29(22-30(28)32)20-18-26-13-15-27(23-34)16-14-26/h9-16,21-22H,2-8H2,1H3. The largest absolute Gasteiger partial charge is 0.206 e. The maximum Gasteiger partial charge on any atom is 0.140 e. The highest BCUT2D eigenvalue weighted by Crippen LogP contribution is 2.15. The molecule has 0 spiro atoms. The van der Waals surface area contributed by atoms with Gasteiger partial charge in [0.25, 0.3) is 0 Å². The number of nitriles is 1. The second-order valence-electron chi connectivity index (χ2n) is 8.22. The van der Waals surface area contributed by atoms with Crippen molar-refractivity contribution in [2.24, 2.45) is 0 Å². The smallest absolute Gasteiger partial charge is 0.140 e. The first-order valence-electron chi connectivity index (χ1n) is 11.7. The third-order valence-electron chi connectivity index (χ3n) is 5.53. The molecule has 0 saturated carbocycles. The van der Waals surface area contributed by atoms with E-state index < -0.39 is 11.6 Å². The van der Waals surface area contributed by atoms with E-state index in [4.69, 9.17) is 5.26 Å². The third-order valence-corrected chi connectivity index (χ3v) is 5.53. The molecule has 3 aromatic carbocycles. The van der Waals surface area contributed by atoms with Gasteiger partial charge in [0, 0.05) is 11.1 Å². The highest BCUT2D eigenvalue weighted by molar-refractivity contribution is 5.50. The van der Waals surface area contributed by atoms with Crippen LogP contribution in [-0.4, -0.2) is 0 Å². The fourth-order valence-corrected chi connectivity index (χ4v) is 3.51. The van der Waals surface area contributed by atoms with Crippen molar-refractivity contribution >= 4 is 0 Å². The monoisotopic (exact) mass is 451 g/mol. The number of hydrogen-bond donors (Lipinski definition) is 0. The Balaban J connectivity index is 1.62. The Morgan fingerprint density at radius 2 is 1.09 bits per heavy atom. The minimum atomic E-state index is -0.624. The number of rotatable bonds is 7. The van der Waals surface area contributed by atoms with Crippen LogP contribution in [0.2, 0.25) is 0 Å². The molecule has 3 heteroatoms. The van der Waals surface area contributed by atoms with Crippen LogP contribution in [0.15, 0.2) is 60.7 Å². The van der Waals surface area contributed by atoms with Gasteiger partial charge in [-0.1, -0.05) is 74.8 Å². The molecule has 0 atom stereocenters. The summed E-state index contributed by atoms with van der Waals surface area (Å²) >= 11 is 0. The van der Waals surface area contributed by atoms with Crippen molar-refractivity contribution in [3.05, 3.63) is 106 Å². The van der Waals surface area contributed by atoms with Gasteiger partial charge in [0.2, 0.25) is 0 Å². The van der Waals surface area contributed by atoms with Crippen LogP contribution in [0.1, 0.15) is 78.8 Å². The number of benzene rings is 3. The lowest BCUT2D eigenvalue weighted by Crippen LogP contribution is -1.92. The van der Waals surface area contributed by atoms with E-state index in [0.29, 0.717) is 11.1 Å². The number of aryl methyl sites for hydroxylation is 1. The van der Waals surface area contributed by atoms with Crippen molar-refractivity contribution in [1.29, 1.82) is 5.26 Å². The van der Waals surface area contributed by atoms with Gasteiger partial charge >= 0.3 is 0 Å². The summed E-state index contributed by atoms with van der Waals surface area (Å²) in [5.74, 6) is 9.85. The average molecular weight is 452 g/mol. The number of halogens is 2. The van der Waals surface area contributed by atoms with Gasteiger partial charge in [0.15, 0.2) is 0 Å². The van der Waals surface area contributed by atoms with Crippen LogP contribution in [0, 0.1) is 46.6 Å². The fourth-order valence-electron chi connectivity index (χ4n) is 3.51. The van der Waals surface area contributed by atoms with Crippen LogP contribution in [0.5, 0.6) is 0 Å². The summed E-state index contributed by atoms with van der Waals surface area (Å²) in [4.78, 5) is 0. The molecule has 0 aliphatic heterocycles. The zero-order valence-electron chi connectivity index (χ0n) is 19.4. The molecule has 0 N–H and O–H groups in total. The van der Waals surface area contributed by atoms with Gasteiger partial charge in [-0.05, 0) is 66.9 Å². The maximum atomic E-state index is 14.5. The van der Waals surface area contributed by atoms with E-state index in [-0.39, 0.29) is 11.1 Å². The second-order valence-corrected chi connectivity index (χ2v) is 8.22. The van der Waals surface area contributed by atoms with Gasteiger partial charge in [-0.3, -0.25) is 0 Å². The van der Waals surface area contributed by atoms with Gasteiger partial charge in [-0.25, -0.2) is 8.78 Å². The van der Waals surface area contributed by atoms with Crippen molar-refractivity contribution in [2.45, 2.75) is 51.9 Å². The molecule has 0 aromatic heterocycles. The summed E-state index contributed by atoms with van der Waals surface area (Å²) in [5, 5.41) is 8.83. The Morgan fingerprint density at radius 1 is 0.618 bits per heavy atom. The summed E-state index contributed by atoms with van der Waals surface area (Å²) < 4.78 is 29.0. The zero-order valence-corrected chi connectivity index (χ0v) is 19.4. The molecule has 0 heterocycles. The van der Waals surface area contributed by atoms with Gasteiger partial charge < -0.3 is 0 Å². The molecular weight excluding hydrogens is 424 g/mol. The van der Waals surface area contributed by atoms with Crippen molar-refractivity contribution in [3.8, 4) is 29.8 Å². The highest BCUT2D eigenvalue weighted by Gasteiger charge is 2.07. The summed E-state index contributed by atoms with van der Waals surface area (Å²) in [6, 6.07) is 18.7. The predicted octanol–water partition coefficient (Wildman–Crippen LogP) is 7.54. The van der Waals surface area contributed by atoms with Crippen molar-refractivity contribution in [1.82, 2.24) is 0 Å². The molecule has 0 radical (unpaired) electrons. The van der Waals surface area contributed by atoms with Gasteiger partial charge in [0.05, 0.1) is 22.8 Å². The van der Waals surface area contributed by atoms with Gasteiger partial charge in [-0.15, -0.1) is 0 Å². The number of hydrogen-bond acceptors (Lipinski definition) is 1. The fraction of sp³-hybridized carbons (Fsp3) is 0.258. The Labute approximate surface area is 201 Å². The lowest BCUT2D eigenvalue weighted by Gasteiger charge is -2.02. The highest BCUT2D eigenvalue weighted by atomic mass is 19.1. The summed E-state index contributed by atoms with van der Waals surface area (Å²) in [6.07, 6.45) is 8.65. The van der Waals surface area contributed by atoms with Crippen LogP contribution >= 0.6 is 0 Å². The van der Waals surface area contributed by atoms with E-state index in [1.54, 1.807) is 24.3 Å². The Hall–Kier alpha value is -3.87. The molecule has 170 valence electrons. The van der Waals surface area contributed by atoms with Crippen LogP contribution in [-0.2, 0) is 6.42 Å². The second kappa shape index (κ2) is 13.0. The first-order chi connectivity index (χ1) is 16.6. The van der Waals surface area contributed by atoms with Crippen LogP contribution in [0.4, 0.5) is 8.78 Å². The lowest BCUT2D eigenvalue weighted by atomic mass is 10.0. The van der Waals surface area contributed by atoms with E-state index >= 15 is 0 Å². The van der Waals surface area contributed by atoms with E-state index in [1.165, 1.54) is 44.1 Å². The Kier molecular flexibility index (Phi) is 9.46. The molecule has 34 heavy (non-hydrogen) atoms. The normalized spacial score (nSPS) is 9.94. The summed E-state index contributed by atoms with van der Waals surface area (Å²) in [5.41, 5.74) is 3.12. The topological polar surface area (TPSA) is 23.8 Å². The van der Waals surface area contributed by atoms with Crippen LogP contribution < -0.4 is 0 Å². The van der Waals surface area contributed by atoms with Crippen LogP contribution in [0.3, 0.4) is 0 Å². The molecule has 0 bridgehead atoms. The molecule has 0 aliphatic rings. The molecule has 0 fully saturated rings. The van der Waals surface area contributed by atoms with Crippen molar-refractivity contribution < 1.29 is 8.78 Å². The van der Waals surface area contributed by atoms with Crippen molar-refractivity contribution in [3.63, 3.8) is 0 Å². The van der Waals surface area contributed by atoms with E-state index in [1.807, 2.05) is 18.2 Å².